The van der Waals surface area contributed by atoms with Gasteiger partial charge in [0, 0.05) is 16.5 Å². The van der Waals surface area contributed by atoms with Gasteiger partial charge in [-0.2, -0.15) is 8.42 Å². The predicted octanol–water partition coefficient (Wildman–Crippen LogP) is 4.04. The van der Waals surface area contributed by atoms with Crippen LogP contribution in [0.25, 0.3) is 0 Å². The summed E-state index contributed by atoms with van der Waals surface area (Å²) < 4.78 is 36.8. The minimum Gasteiger partial charge on any atom is -0.494 e. The van der Waals surface area contributed by atoms with Crippen molar-refractivity contribution < 1.29 is 37.3 Å². The maximum Gasteiger partial charge on any atom is 0.397 e. The highest BCUT2D eigenvalue weighted by atomic mass is 32.3. The first-order valence-electron chi connectivity index (χ1n) is 13.3. The molecule has 4 N–H and O–H groups in total. The van der Waals surface area contributed by atoms with Crippen LogP contribution in [0.3, 0.4) is 0 Å². The Bertz CT molecular complexity index is 1240. The van der Waals surface area contributed by atoms with Gasteiger partial charge in [-0.3, -0.25) is 13.9 Å². The van der Waals surface area contributed by atoms with Gasteiger partial charge in [0.2, 0.25) is 0 Å². The van der Waals surface area contributed by atoms with Crippen LogP contribution in [0.4, 0.5) is 0 Å². The van der Waals surface area contributed by atoms with E-state index in [1.165, 1.54) is 4.57 Å². The van der Waals surface area contributed by atoms with Gasteiger partial charge in [-0.05, 0) is 86.4 Å². The Morgan fingerprint density at radius 3 is 2.47 bits per heavy atom. The smallest absolute Gasteiger partial charge is 0.397 e. The van der Waals surface area contributed by atoms with Crippen LogP contribution < -0.4 is 0 Å². The van der Waals surface area contributed by atoms with Gasteiger partial charge in [-0.25, -0.2) is 4.18 Å². The average molecular weight is 524 g/mol. The lowest BCUT2D eigenvalue weighted by Gasteiger charge is -2.74. The number of nitrogens with zero attached hydrogens (tertiary/aromatic N) is 1. The minimum atomic E-state index is -4.63. The van der Waals surface area contributed by atoms with Gasteiger partial charge in [0.1, 0.15) is 0 Å². The first-order chi connectivity index (χ1) is 16.8. The molecule has 1 heterocycles. The third kappa shape index (κ3) is 2.84. The Morgan fingerprint density at radius 1 is 1.11 bits per heavy atom. The number of carboxylic acid groups (broad SMARTS) is 1. The summed E-state index contributed by atoms with van der Waals surface area (Å²) in [7, 11) is -4.63. The van der Waals surface area contributed by atoms with Crippen LogP contribution in [0.5, 0.6) is 11.8 Å². The number of hydrogen-bond acceptors (Lipinski definition) is 6. The van der Waals surface area contributed by atoms with Crippen LogP contribution in [-0.4, -0.2) is 45.4 Å². The molecule has 9 atom stereocenters. The van der Waals surface area contributed by atoms with E-state index >= 15 is 0 Å². The van der Waals surface area contributed by atoms with Gasteiger partial charge < -0.3 is 15.3 Å². The molecule has 0 aliphatic heterocycles. The van der Waals surface area contributed by atoms with Crippen molar-refractivity contribution in [3.8, 4) is 11.8 Å². The van der Waals surface area contributed by atoms with Gasteiger partial charge in [0.15, 0.2) is 11.8 Å². The van der Waals surface area contributed by atoms with Crippen LogP contribution in [-0.2, 0) is 31.3 Å². The van der Waals surface area contributed by atoms with Crippen LogP contribution >= 0.6 is 0 Å². The first-order valence-corrected chi connectivity index (χ1v) is 14.6. The lowest BCUT2D eigenvalue weighted by Crippen LogP contribution is -2.69. The van der Waals surface area contributed by atoms with E-state index in [0.29, 0.717) is 24.2 Å². The highest BCUT2D eigenvalue weighted by Gasteiger charge is 2.74. The highest BCUT2D eigenvalue weighted by molar-refractivity contribution is 7.80. The number of carbonyl (C=O) groups is 1. The number of fused-ring (bicyclic) bond motifs is 1. The number of aliphatic carboxylic acids is 1. The van der Waals surface area contributed by atoms with Crippen LogP contribution in [0.2, 0.25) is 0 Å². The Balaban J connectivity index is 1.48. The Hall–Kier alpha value is -1.78. The molecule has 1 aromatic rings. The third-order valence-electron chi connectivity index (χ3n) is 11.7. The second-order valence-electron chi connectivity index (χ2n) is 12.8. The van der Waals surface area contributed by atoms with E-state index in [4.69, 9.17) is 4.55 Å². The normalized spacial score (nSPS) is 44.7. The van der Waals surface area contributed by atoms with Crippen molar-refractivity contribution in [2.75, 3.05) is 6.61 Å². The molecule has 0 amide bonds. The van der Waals surface area contributed by atoms with Crippen LogP contribution in [0.15, 0.2) is 0 Å². The molecule has 2 bridgehead atoms. The quantitative estimate of drug-likeness (QED) is 0.423. The summed E-state index contributed by atoms with van der Waals surface area (Å²) in [5, 5.41) is 33.1. The first kappa shape index (κ1) is 24.6. The van der Waals surface area contributed by atoms with E-state index < -0.39 is 28.4 Å². The highest BCUT2D eigenvalue weighted by Crippen LogP contribution is 2.79. The number of carboxylic acids is 1. The fourth-order valence-corrected chi connectivity index (χ4v) is 10.8. The van der Waals surface area contributed by atoms with E-state index in [1.54, 1.807) is 0 Å². The van der Waals surface area contributed by atoms with E-state index in [0.717, 1.165) is 49.7 Å². The third-order valence-corrected chi connectivity index (χ3v) is 12.2. The van der Waals surface area contributed by atoms with Gasteiger partial charge in [0.05, 0.1) is 18.6 Å². The van der Waals surface area contributed by atoms with Gasteiger partial charge in [0.25, 0.3) is 0 Å². The SMILES string of the molecule is CC1CC2C1C1CC3C4(C)CCCC(C)(C(=O)O)C4CCC23c2c1c(O)n(CCOS(=O)(=O)O)c2O. The molecule has 0 radical (unpaired) electrons. The molecule has 6 aliphatic rings. The standard InChI is InChI=1S/C26H37NO8S/c1-13-11-15-18(13)14-12-17-24(2)6-4-7-25(3,23(30)31)16(24)5-8-26(15,17)20-19(14)21(28)27(22(20)29)9-10-35-36(32,33)34/h13-18,28-29H,4-12H2,1-3H3,(H,30,31)(H,32,33,34). The monoisotopic (exact) mass is 523 g/mol. The average Bonchev–Trinajstić information content (AvgIpc) is 3.03. The van der Waals surface area contributed by atoms with E-state index in [9.17, 15) is 28.5 Å². The van der Waals surface area contributed by atoms with Crippen LogP contribution in [0.1, 0.15) is 82.8 Å². The molecule has 6 aliphatic carbocycles. The van der Waals surface area contributed by atoms with E-state index in [-0.39, 0.29) is 46.9 Å². The largest absolute Gasteiger partial charge is 0.494 e. The molecule has 10 heteroatoms. The van der Waals surface area contributed by atoms with Crippen LogP contribution in [0, 0.1) is 40.4 Å². The predicted molar refractivity (Wildman–Crippen MR) is 129 cm³/mol. The molecule has 1 aromatic heterocycles. The number of aromatic nitrogens is 1. The zero-order chi connectivity index (χ0) is 26.0. The summed E-state index contributed by atoms with van der Waals surface area (Å²) in [6, 6.07) is 0. The molecule has 4 fully saturated rings. The van der Waals surface area contributed by atoms with Gasteiger partial charge in [-0.1, -0.05) is 20.3 Å². The van der Waals surface area contributed by atoms with Crippen molar-refractivity contribution in [1.29, 1.82) is 0 Å². The molecule has 9 unspecified atom stereocenters. The Morgan fingerprint density at radius 2 is 1.83 bits per heavy atom. The molecule has 0 saturated heterocycles. The molecule has 0 aromatic carbocycles. The molecule has 1 spiro atoms. The molecule has 7 rings (SSSR count). The van der Waals surface area contributed by atoms with Crippen molar-refractivity contribution >= 4 is 16.4 Å². The zero-order valence-electron chi connectivity index (χ0n) is 21.1. The fraction of sp³-hybridized carbons (Fsp3) is 0.808. The molecule has 9 nitrogen and oxygen atoms in total. The van der Waals surface area contributed by atoms with Crippen molar-refractivity contribution in [1.82, 2.24) is 4.57 Å². The minimum absolute atomic E-state index is 0.0342. The Kier molecular flexibility index (Phi) is 5.05. The molecular weight excluding hydrogens is 486 g/mol. The fourth-order valence-electron chi connectivity index (χ4n) is 10.5. The summed E-state index contributed by atoms with van der Waals surface area (Å²) in [5.41, 5.74) is 0.330. The molecular formula is C26H37NO8S. The van der Waals surface area contributed by atoms with E-state index in [2.05, 4.69) is 18.0 Å². The lowest BCUT2D eigenvalue weighted by atomic mass is 9.29. The second-order valence-corrected chi connectivity index (χ2v) is 13.9. The molecule has 36 heavy (non-hydrogen) atoms. The summed E-state index contributed by atoms with van der Waals surface area (Å²) in [4.78, 5) is 12.5. The summed E-state index contributed by atoms with van der Waals surface area (Å²) in [6.07, 6.45) is 6.02. The van der Waals surface area contributed by atoms with Crippen molar-refractivity contribution in [3.63, 3.8) is 0 Å². The topological polar surface area (TPSA) is 146 Å². The molecule has 200 valence electrons. The summed E-state index contributed by atoms with van der Waals surface area (Å²) >= 11 is 0. The van der Waals surface area contributed by atoms with Crippen molar-refractivity contribution in [2.45, 2.75) is 83.6 Å². The maximum absolute atomic E-state index is 12.5. The molecule has 4 saturated carbocycles. The number of rotatable bonds is 5. The Labute approximate surface area is 211 Å². The number of aromatic hydroxyl groups is 2. The van der Waals surface area contributed by atoms with Crippen molar-refractivity contribution in [2.24, 2.45) is 40.4 Å². The summed E-state index contributed by atoms with van der Waals surface area (Å²) in [5.74, 6) is 0.880. The van der Waals surface area contributed by atoms with Crippen molar-refractivity contribution in [3.05, 3.63) is 11.1 Å². The lowest BCUT2D eigenvalue weighted by molar-refractivity contribution is -0.204. The second kappa shape index (κ2) is 7.41. The van der Waals surface area contributed by atoms with E-state index in [1.807, 2.05) is 6.92 Å². The maximum atomic E-state index is 12.5. The zero-order valence-corrected chi connectivity index (χ0v) is 21.9. The summed E-state index contributed by atoms with van der Waals surface area (Å²) in [6.45, 7) is 5.95. The van der Waals surface area contributed by atoms with Gasteiger partial charge in [-0.15, -0.1) is 0 Å². The number of hydrogen-bond donors (Lipinski definition) is 4. The van der Waals surface area contributed by atoms with Gasteiger partial charge >= 0.3 is 16.4 Å².